The molecule has 2 aromatic heterocycles. The third-order valence-corrected chi connectivity index (χ3v) is 6.73. The van der Waals surface area contributed by atoms with Crippen LogP contribution in [-0.4, -0.2) is 11.8 Å². The molecule has 1 atom stereocenters. The molecule has 3 aromatic rings. The van der Waals surface area contributed by atoms with Gasteiger partial charge >= 0.3 is 0 Å². The van der Waals surface area contributed by atoms with Crippen molar-refractivity contribution >= 4 is 51.4 Å². The van der Waals surface area contributed by atoms with Crippen LogP contribution in [0.15, 0.2) is 34.7 Å². The van der Waals surface area contributed by atoms with Crippen LogP contribution in [0.4, 0.5) is 5.00 Å². The summed E-state index contributed by atoms with van der Waals surface area (Å²) in [5.74, 6) is 0.130. The lowest BCUT2D eigenvalue weighted by Crippen LogP contribution is -2.19. The van der Waals surface area contributed by atoms with Crippen molar-refractivity contribution in [3.05, 3.63) is 62.1 Å². The van der Waals surface area contributed by atoms with Crippen molar-refractivity contribution in [3.8, 4) is 11.3 Å². The van der Waals surface area contributed by atoms with E-state index in [4.69, 9.17) is 33.4 Å². The second kappa shape index (κ2) is 7.86. The van der Waals surface area contributed by atoms with Gasteiger partial charge in [0.05, 0.1) is 10.6 Å². The smallest absolute Gasteiger partial charge is 0.292 e. The Morgan fingerprint density at radius 1 is 1.24 bits per heavy atom. The van der Waals surface area contributed by atoms with E-state index in [1.54, 1.807) is 30.3 Å². The van der Waals surface area contributed by atoms with E-state index in [0.29, 0.717) is 37.9 Å². The number of halogens is 2. The van der Waals surface area contributed by atoms with Crippen LogP contribution in [0.1, 0.15) is 44.7 Å². The molecule has 8 heteroatoms. The predicted octanol–water partition coefficient (Wildman–Crippen LogP) is 5.79. The molecule has 1 aliphatic rings. The Morgan fingerprint density at radius 2 is 2.03 bits per heavy atom. The Kier molecular flexibility index (Phi) is 5.42. The number of furan rings is 1. The van der Waals surface area contributed by atoms with E-state index >= 15 is 0 Å². The molecule has 0 saturated heterocycles. The Labute approximate surface area is 181 Å². The number of carbonyl (C=O) groups excluding carboxylic acids is 2. The minimum atomic E-state index is -0.527. The van der Waals surface area contributed by atoms with Gasteiger partial charge in [0.2, 0.25) is 0 Å². The number of amides is 2. The zero-order valence-corrected chi connectivity index (χ0v) is 17.9. The summed E-state index contributed by atoms with van der Waals surface area (Å²) in [6.07, 6.45) is 2.68. The summed E-state index contributed by atoms with van der Waals surface area (Å²) < 4.78 is 5.69. The lowest BCUT2D eigenvalue weighted by Gasteiger charge is -2.18. The van der Waals surface area contributed by atoms with Crippen molar-refractivity contribution in [1.82, 2.24) is 0 Å². The summed E-state index contributed by atoms with van der Waals surface area (Å²) >= 11 is 13.6. The van der Waals surface area contributed by atoms with Crippen LogP contribution >= 0.6 is 34.5 Å². The molecule has 29 heavy (non-hydrogen) atoms. The van der Waals surface area contributed by atoms with Crippen LogP contribution in [0.25, 0.3) is 11.3 Å². The summed E-state index contributed by atoms with van der Waals surface area (Å²) in [5.41, 5.74) is 7.62. The van der Waals surface area contributed by atoms with E-state index in [2.05, 4.69) is 12.2 Å². The van der Waals surface area contributed by atoms with E-state index in [-0.39, 0.29) is 5.76 Å². The van der Waals surface area contributed by atoms with Gasteiger partial charge in [0.25, 0.3) is 11.8 Å². The number of hydrogen-bond acceptors (Lipinski definition) is 4. The van der Waals surface area contributed by atoms with Crippen LogP contribution in [-0.2, 0) is 12.8 Å². The molecule has 0 aliphatic heterocycles. The maximum absolute atomic E-state index is 12.7. The number of benzene rings is 1. The third kappa shape index (κ3) is 3.92. The van der Waals surface area contributed by atoms with Gasteiger partial charge in [-0.25, -0.2) is 0 Å². The quantitative estimate of drug-likeness (QED) is 0.529. The first-order valence-corrected chi connectivity index (χ1v) is 10.7. The molecule has 2 amide bonds. The fraction of sp³-hybridized carbons (Fsp3) is 0.238. The maximum Gasteiger partial charge on any atom is 0.292 e. The van der Waals surface area contributed by atoms with Crippen LogP contribution in [0, 0.1) is 5.92 Å². The van der Waals surface area contributed by atoms with Crippen molar-refractivity contribution in [2.75, 3.05) is 5.32 Å². The molecule has 2 heterocycles. The van der Waals surface area contributed by atoms with Gasteiger partial charge in [0.15, 0.2) is 5.76 Å². The number of rotatable bonds is 4. The zero-order chi connectivity index (χ0) is 20.7. The predicted molar refractivity (Wildman–Crippen MR) is 116 cm³/mol. The summed E-state index contributed by atoms with van der Waals surface area (Å²) in [4.78, 5) is 25.9. The van der Waals surface area contributed by atoms with Crippen molar-refractivity contribution in [2.24, 2.45) is 11.7 Å². The first-order chi connectivity index (χ1) is 13.8. The molecular weight excluding hydrogens is 431 g/mol. The fourth-order valence-electron chi connectivity index (χ4n) is 3.56. The molecule has 3 N–H and O–H groups in total. The monoisotopic (exact) mass is 448 g/mol. The van der Waals surface area contributed by atoms with Gasteiger partial charge in [-0.1, -0.05) is 30.1 Å². The molecule has 0 fully saturated rings. The lowest BCUT2D eigenvalue weighted by atomic mass is 9.88. The van der Waals surface area contributed by atoms with Crippen LogP contribution in [0.5, 0.6) is 0 Å². The van der Waals surface area contributed by atoms with E-state index < -0.39 is 11.8 Å². The normalized spacial score (nSPS) is 15.8. The molecule has 150 valence electrons. The van der Waals surface area contributed by atoms with Crippen LogP contribution in [0.3, 0.4) is 0 Å². The minimum Gasteiger partial charge on any atom is -0.451 e. The van der Waals surface area contributed by atoms with Gasteiger partial charge in [-0.3, -0.25) is 9.59 Å². The van der Waals surface area contributed by atoms with Crippen molar-refractivity contribution < 1.29 is 14.0 Å². The second-order valence-electron chi connectivity index (χ2n) is 7.16. The fourth-order valence-corrected chi connectivity index (χ4v) is 5.47. The standard InChI is InChI=1S/C21H18Cl2N2O3S/c1-10-2-4-13-17(8-10)29-21(18(13)19(24)26)25-20(27)16-7-6-15(28-16)12-5-3-11(22)9-14(12)23/h3,5-7,9-10H,2,4,8H2,1H3,(H2,24,26)(H,25,27). The first kappa shape index (κ1) is 20.0. The SMILES string of the molecule is CC1CCc2c(sc(NC(=O)c3ccc(-c4ccc(Cl)cc4Cl)o3)c2C(N)=O)C1. The van der Waals surface area contributed by atoms with E-state index in [1.165, 1.54) is 11.3 Å². The molecule has 0 saturated carbocycles. The van der Waals surface area contributed by atoms with Crippen molar-refractivity contribution in [2.45, 2.75) is 26.2 Å². The lowest BCUT2D eigenvalue weighted by molar-refractivity contribution is 0.0997. The number of nitrogens with one attached hydrogen (secondary N) is 1. The Hall–Kier alpha value is -2.28. The molecule has 0 radical (unpaired) electrons. The van der Waals surface area contributed by atoms with Gasteiger partial charge in [0.1, 0.15) is 10.8 Å². The molecule has 5 nitrogen and oxygen atoms in total. The summed E-state index contributed by atoms with van der Waals surface area (Å²) in [7, 11) is 0. The van der Waals surface area contributed by atoms with E-state index in [9.17, 15) is 9.59 Å². The van der Waals surface area contributed by atoms with Gasteiger partial charge < -0.3 is 15.5 Å². The summed E-state index contributed by atoms with van der Waals surface area (Å²) in [6, 6.07) is 8.26. The van der Waals surface area contributed by atoms with Crippen molar-refractivity contribution in [1.29, 1.82) is 0 Å². The van der Waals surface area contributed by atoms with Gasteiger partial charge in [0, 0.05) is 15.5 Å². The molecule has 1 aliphatic carbocycles. The Morgan fingerprint density at radius 3 is 2.76 bits per heavy atom. The number of primary amides is 1. The maximum atomic E-state index is 12.7. The Balaban J connectivity index is 1.61. The highest BCUT2D eigenvalue weighted by Gasteiger charge is 2.28. The van der Waals surface area contributed by atoms with Crippen molar-refractivity contribution in [3.63, 3.8) is 0 Å². The molecular formula is C21H18Cl2N2O3S. The average molecular weight is 449 g/mol. The Bertz CT molecular complexity index is 1120. The van der Waals surface area contributed by atoms with Gasteiger partial charge in [-0.2, -0.15) is 0 Å². The molecule has 1 unspecified atom stereocenters. The average Bonchev–Trinajstić information content (AvgIpc) is 3.25. The van der Waals surface area contributed by atoms with Crippen LogP contribution < -0.4 is 11.1 Å². The molecule has 0 spiro atoms. The number of nitrogens with two attached hydrogens (primary N) is 1. The highest BCUT2D eigenvalue weighted by Crippen LogP contribution is 2.40. The van der Waals surface area contributed by atoms with E-state index in [0.717, 1.165) is 29.7 Å². The summed E-state index contributed by atoms with van der Waals surface area (Å²) in [5, 5.41) is 4.21. The van der Waals surface area contributed by atoms with Gasteiger partial charge in [-0.15, -0.1) is 11.3 Å². The van der Waals surface area contributed by atoms with E-state index in [1.807, 2.05) is 0 Å². The number of fused-ring (bicyclic) bond motifs is 1. The number of hydrogen-bond donors (Lipinski definition) is 2. The highest BCUT2D eigenvalue weighted by atomic mass is 35.5. The second-order valence-corrected chi connectivity index (χ2v) is 9.11. The molecule has 4 rings (SSSR count). The number of thiophene rings is 1. The number of carbonyl (C=O) groups is 2. The van der Waals surface area contributed by atoms with Crippen LogP contribution in [0.2, 0.25) is 10.0 Å². The third-order valence-electron chi connectivity index (χ3n) is 5.01. The number of anilines is 1. The molecule has 0 bridgehead atoms. The minimum absolute atomic E-state index is 0.112. The largest absolute Gasteiger partial charge is 0.451 e. The van der Waals surface area contributed by atoms with Gasteiger partial charge in [-0.05, 0) is 61.1 Å². The molecule has 1 aromatic carbocycles. The topological polar surface area (TPSA) is 85.3 Å². The summed E-state index contributed by atoms with van der Waals surface area (Å²) in [6.45, 7) is 2.18. The first-order valence-electron chi connectivity index (χ1n) is 9.14. The zero-order valence-electron chi connectivity index (χ0n) is 15.6. The highest BCUT2D eigenvalue weighted by molar-refractivity contribution is 7.17.